The van der Waals surface area contributed by atoms with Gasteiger partial charge in [-0.05, 0) is 50.3 Å². The van der Waals surface area contributed by atoms with Gasteiger partial charge in [0.2, 0.25) is 5.91 Å². The third-order valence-corrected chi connectivity index (χ3v) is 4.29. The summed E-state index contributed by atoms with van der Waals surface area (Å²) in [5, 5.41) is 2.88. The molecule has 1 aliphatic rings. The van der Waals surface area contributed by atoms with Crippen molar-refractivity contribution in [2.24, 2.45) is 5.92 Å². The van der Waals surface area contributed by atoms with Crippen molar-refractivity contribution in [2.75, 3.05) is 13.2 Å². The van der Waals surface area contributed by atoms with E-state index >= 15 is 0 Å². The average molecular weight is 342 g/mol. The molecule has 0 aromatic carbocycles. The molecule has 0 spiro atoms. The summed E-state index contributed by atoms with van der Waals surface area (Å²) in [7, 11) is 0. The molecule has 1 N–H and O–H groups in total. The van der Waals surface area contributed by atoms with Crippen molar-refractivity contribution in [3.63, 3.8) is 0 Å². The molecule has 134 valence electrons. The number of hydrogen-bond donors (Lipinski definition) is 1. The second kappa shape index (κ2) is 9.16. The normalized spacial score (nSPS) is 19.1. The molecule has 0 unspecified atom stereocenters. The number of nitrogens with zero attached hydrogens (tertiary/aromatic N) is 1. The predicted molar refractivity (Wildman–Crippen MR) is 98.6 cm³/mol. The van der Waals surface area contributed by atoms with Gasteiger partial charge >= 0.3 is 0 Å². The zero-order valence-corrected chi connectivity index (χ0v) is 15.0. The molecule has 0 fully saturated rings. The number of amides is 1. The number of carbonyl (C=O) groups is 2. The molecular weight excluding hydrogens is 316 g/mol. The Hall–Kier alpha value is -2.43. The molecule has 25 heavy (non-hydrogen) atoms. The van der Waals surface area contributed by atoms with Crippen LogP contribution in [0.15, 0.2) is 30.5 Å². The second-order valence-corrected chi connectivity index (χ2v) is 6.37. The predicted octanol–water partition coefficient (Wildman–Crippen LogP) is 3.56. The number of pyridine rings is 1. The van der Waals surface area contributed by atoms with E-state index in [9.17, 15) is 9.59 Å². The van der Waals surface area contributed by atoms with E-state index in [1.807, 2.05) is 0 Å². The Balaban J connectivity index is 2.23. The fraction of sp³-hybridized carbons (Fsp3) is 0.450. The lowest BCUT2D eigenvalue weighted by Crippen LogP contribution is -2.28. The largest absolute Gasteiger partial charge is 0.491 e. The number of aromatic nitrogens is 1. The van der Waals surface area contributed by atoms with E-state index in [1.165, 1.54) is 18.6 Å². The Morgan fingerprint density at radius 2 is 2.28 bits per heavy atom. The molecule has 1 aromatic rings. The van der Waals surface area contributed by atoms with Crippen LogP contribution in [0.2, 0.25) is 0 Å². The lowest BCUT2D eigenvalue weighted by molar-refractivity contribution is -0.116. The van der Waals surface area contributed by atoms with Crippen LogP contribution in [0.5, 0.6) is 5.75 Å². The van der Waals surface area contributed by atoms with E-state index in [-0.39, 0.29) is 11.7 Å². The van der Waals surface area contributed by atoms with Crippen LogP contribution in [0.25, 0.3) is 6.08 Å². The van der Waals surface area contributed by atoms with Crippen LogP contribution in [0, 0.1) is 5.92 Å². The van der Waals surface area contributed by atoms with Crippen LogP contribution in [-0.2, 0) is 4.79 Å². The van der Waals surface area contributed by atoms with E-state index in [0.29, 0.717) is 30.4 Å². The van der Waals surface area contributed by atoms with Crippen molar-refractivity contribution >= 4 is 17.8 Å². The van der Waals surface area contributed by atoms with Crippen molar-refractivity contribution in [3.05, 3.63) is 41.7 Å². The summed E-state index contributed by atoms with van der Waals surface area (Å²) >= 11 is 0. The monoisotopic (exact) mass is 342 g/mol. The van der Waals surface area contributed by atoms with E-state index in [2.05, 4.69) is 29.9 Å². The van der Waals surface area contributed by atoms with E-state index in [0.717, 1.165) is 31.4 Å². The highest BCUT2D eigenvalue weighted by Gasteiger charge is 2.17. The molecule has 5 heteroatoms. The lowest BCUT2D eigenvalue weighted by atomic mass is 9.93. The Morgan fingerprint density at radius 1 is 1.48 bits per heavy atom. The van der Waals surface area contributed by atoms with E-state index in [4.69, 9.17) is 4.74 Å². The summed E-state index contributed by atoms with van der Waals surface area (Å²) in [6.07, 6.45) is 8.69. The first kappa shape index (κ1) is 18.9. The van der Waals surface area contributed by atoms with Gasteiger partial charge in [-0.1, -0.05) is 25.5 Å². The third-order valence-electron chi connectivity index (χ3n) is 4.29. The van der Waals surface area contributed by atoms with Crippen molar-refractivity contribution < 1.29 is 14.3 Å². The van der Waals surface area contributed by atoms with Gasteiger partial charge in [-0.2, -0.15) is 0 Å². The van der Waals surface area contributed by atoms with Crippen LogP contribution < -0.4 is 10.1 Å². The quantitative estimate of drug-likeness (QED) is 0.634. The SMILES string of the molecule is C=CC(=O)NC[C@H]1CCOc2cc(C(C)=O)cnc2/C=C(\CCC)C1. The first-order valence-corrected chi connectivity index (χ1v) is 8.77. The number of fused-ring (bicyclic) bond motifs is 1. The number of nitrogens with one attached hydrogen (secondary N) is 1. The molecule has 0 bridgehead atoms. The molecule has 0 aliphatic carbocycles. The summed E-state index contributed by atoms with van der Waals surface area (Å²) in [5.41, 5.74) is 2.61. The highest BCUT2D eigenvalue weighted by atomic mass is 16.5. The van der Waals surface area contributed by atoms with E-state index in [1.54, 1.807) is 12.3 Å². The zero-order valence-electron chi connectivity index (χ0n) is 15.0. The Morgan fingerprint density at radius 3 is 2.96 bits per heavy atom. The summed E-state index contributed by atoms with van der Waals surface area (Å²) < 4.78 is 5.90. The van der Waals surface area contributed by atoms with Crippen molar-refractivity contribution in [2.45, 2.75) is 39.5 Å². The topological polar surface area (TPSA) is 68.3 Å². The van der Waals surface area contributed by atoms with Crippen molar-refractivity contribution in [3.8, 4) is 5.75 Å². The molecular formula is C20H26N2O3. The molecule has 0 radical (unpaired) electrons. The summed E-state index contributed by atoms with van der Waals surface area (Å²) in [6.45, 7) is 8.27. The number of ketones is 1. The van der Waals surface area contributed by atoms with Gasteiger partial charge in [-0.25, -0.2) is 0 Å². The minimum absolute atomic E-state index is 0.0263. The maximum Gasteiger partial charge on any atom is 0.243 e. The molecule has 2 heterocycles. The first-order valence-electron chi connectivity index (χ1n) is 8.77. The minimum atomic E-state index is -0.155. The molecule has 2 rings (SSSR count). The molecule has 0 saturated heterocycles. The molecule has 1 aliphatic heterocycles. The van der Waals surface area contributed by atoms with Crippen molar-refractivity contribution in [1.82, 2.24) is 10.3 Å². The minimum Gasteiger partial charge on any atom is -0.491 e. The standard InChI is InChI=1S/C20H26N2O3/c1-4-6-15-9-16(12-22-20(24)5-2)7-8-25-19-11-17(14(3)23)13-21-18(19)10-15/h5,10-11,13,16H,2,4,6-9,12H2,1,3H3,(H,22,24)/b15-10+/t16-/m0/s1. The smallest absolute Gasteiger partial charge is 0.243 e. The van der Waals surface area contributed by atoms with Crippen LogP contribution in [0.4, 0.5) is 0 Å². The fourth-order valence-electron chi connectivity index (χ4n) is 2.92. The Kier molecular flexibility index (Phi) is 6.92. The lowest BCUT2D eigenvalue weighted by Gasteiger charge is -2.18. The maximum absolute atomic E-state index is 11.6. The number of ether oxygens (including phenoxy) is 1. The van der Waals surface area contributed by atoms with Crippen LogP contribution in [0.3, 0.4) is 0 Å². The highest BCUT2D eigenvalue weighted by Crippen LogP contribution is 2.28. The molecule has 5 nitrogen and oxygen atoms in total. The third kappa shape index (κ3) is 5.55. The van der Waals surface area contributed by atoms with Crippen LogP contribution in [-0.4, -0.2) is 29.8 Å². The van der Waals surface area contributed by atoms with Crippen molar-refractivity contribution in [1.29, 1.82) is 0 Å². The highest BCUT2D eigenvalue weighted by molar-refractivity contribution is 5.94. The van der Waals surface area contributed by atoms with Gasteiger partial charge in [0.05, 0.1) is 6.61 Å². The second-order valence-electron chi connectivity index (χ2n) is 6.37. The van der Waals surface area contributed by atoms with Crippen LogP contribution >= 0.6 is 0 Å². The molecule has 0 saturated carbocycles. The van der Waals surface area contributed by atoms with Gasteiger partial charge in [0, 0.05) is 18.3 Å². The average Bonchev–Trinajstić information content (AvgIpc) is 2.67. The molecule has 1 aromatic heterocycles. The number of Topliss-reactive ketones (excluding diaryl/α,β-unsaturated/α-hetero) is 1. The maximum atomic E-state index is 11.6. The van der Waals surface area contributed by atoms with E-state index < -0.39 is 0 Å². The number of allylic oxidation sites excluding steroid dienone is 1. The number of rotatable bonds is 6. The van der Waals surface area contributed by atoms with Gasteiger partial charge in [-0.3, -0.25) is 14.6 Å². The van der Waals surface area contributed by atoms with Gasteiger partial charge in [0.25, 0.3) is 0 Å². The van der Waals surface area contributed by atoms with Gasteiger partial charge in [0.1, 0.15) is 11.4 Å². The van der Waals surface area contributed by atoms with Gasteiger partial charge < -0.3 is 10.1 Å². The Bertz CT molecular complexity index is 680. The summed E-state index contributed by atoms with van der Waals surface area (Å²) in [4.78, 5) is 27.5. The Labute approximate surface area is 149 Å². The summed E-state index contributed by atoms with van der Waals surface area (Å²) in [6, 6.07) is 1.77. The number of carbonyl (C=O) groups excluding carboxylic acids is 2. The first-order chi connectivity index (χ1) is 12.0. The molecule has 1 atom stereocenters. The summed E-state index contributed by atoms with van der Waals surface area (Å²) in [5.74, 6) is 0.764. The van der Waals surface area contributed by atoms with Crippen LogP contribution in [0.1, 0.15) is 55.6 Å². The van der Waals surface area contributed by atoms with Gasteiger partial charge in [-0.15, -0.1) is 0 Å². The zero-order chi connectivity index (χ0) is 18.2. The van der Waals surface area contributed by atoms with Gasteiger partial charge in [0.15, 0.2) is 5.78 Å². The number of hydrogen-bond acceptors (Lipinski definition) is 4. The fourth-order valence-corrected chi connectivity index (χ4v) is 2.92. The molecule has 1 amide bonds.